The van der Waals surface area contributed by atoms with Gasteiger partial charge in [0.15, 0.2) is 32.0 Å². The van der Waals surface area contributed by atoms with Gasteiger partial charge >= 0.3 is 6.18 Å². The van der Waals surface area contributed by atoms with Crippen LogP contribution in [-0.4, -0.2) is 43.3 Å². The number of aryl methyl sites for hydroxylation is 1. The maximum absolute atomic E-state index is 14.2. The minimum atomic E-state index is -4.73. The van der Waals surface area contributed by atoms with Crippen molar-refractivity contribution >= 4 is 38.2 Å². The van der Waals surface area contributed by atoms with Gasteiger partial charge in [0.05, 0.1) is 10.8 Å². The molecule has 36 heavy (non-hydrogen) atoms. The van der Waals surface area contributed by atoms with Crippen LogP contribution in [0.4, 0.5) is 17.6 Å². The summed E-state index contributed by atoms with van der Waals surface area (Å²) >= 11 is 5.80. The molecule has 4 heterocycles. The number of sulfone groups is 1. The Labute approximate surface area is 206 Å². The van der Waals surface area contributed by atoms with Crippen LogP contribution >= 0.6 is 11.6 Å². The number of fused-ring (bicyclic) bond motifs is 2. The summed E-state index contributed by atoms with van der Waals surface area (Å²) in [5.41, 5.74) is -0.335. The van der Waals surface area contributed by atoms with Crippen molar-refractivity contribution < 1.29 is 26.0 Å². The van der Waals surface area contributed by atoms with Crippen molar-refractivity contribution in [2.75, 3.05) is 5.75 Å². The van der Waals surface area contributed by atoms with Gasteiger partial charge in [-0.2, -0.15) is 13.2 Å². The summed E-state index contributed by atoms with van der Waals surface area (Å²) in [5.74, 6) is -0.951. The third-order valence-electron chi connectivity index (χ3n) is 5.64. The number of nitrogens with zero attached hydrogens (tertiary/aromatic N) is 6. The number of rotatable bonds is 4. The van der Waals surface area contributed by atoms with Gasteiger partial charge in [0.1, 0.15) is 22.7 Å². The highest BCUT2D eigenvalue weighted by atomic mass is 35.5. The second-order valence-electron chi connectivity index (χ2n) is 7.84. The van der Waals surface area contributed by atoms with Gasteiger partial charge in [-0.05, 0) is 29.8 Å². The molecule has 14 heteroatoms. The molecule has 0 amide bonds. The van der Waals surface area contributed by atoms with E-state index in [4.69, 9.17) is 11.6 Å². The fourth-order valence-corrected chi connectivity index (χ4v) is 4.93. The Morgan fingerprint density at radius 3 is 2.47 bits per heavy atom. The molecule has 0 spiro atoms. The molecule has 5 rings (SSSR count). The van der Waals surface area contributed by atoms with Crippen LogP contribution < -0.4 is 0 Å². The van der Waals surface area contributed by atoms with E-state index in [1.54, 1.807) is 18.2 Å². The van der Waals surface area contributed by atoms with E-state index in [0.29, 0.717) is 11.1 Å². The predicted octanol–water partition coefficient (Wildman–Crippen LogP) is 4.95. The van der Waals surface area contributed by atoms with Crippen LogP contribution in [0, 0.1) is 5.82 Å². The molecule has 0 aliphatic rings. The van der Waals surface area contributed by atoms with E-state index in [0.717, 1.165) is 6.07 Å². The van der Waals surface area contributed by atoms with Crippen molar-refractivity contribution in [3.63, 3.8) is 0 Å². The molecule has 5 aromatic rings. The number of halogens is 5. The fraction of sp³-hybridized carbons (Fsp3) is 0.182. The van der Waals surface area contributed by atoms with Gasteiger partial charge < -0.3 is 4.57 Å². The molecule has 4 aromatic heterocycles. The van der Waals surface area contributed by atoms with Gasteiger partial charge in [-0.1, -0.05) is 24.6 Å². The average Bonchev–Trinajstić information content (AvgIpc) is 3.38. The highest BCUT2D eigenvalue weighted by Crippen LogP contribution is 2.35. The first-order valence-electron chi connectivity index (χ1n) is 10.4. The number of hydrogen-bond donors (Lipinski definition) is 0. The fourth-order valence-electron chi connectivity index (χ4n) is 3.83. The standard InChI is InChI=1S/C22H15ClF4N6O2S/c1-3-36(34,35)21-17(20-28-15-10-16(22(25,26)27)30-31-19(15)32(20)2)33-8-4-5-12(18(33)29-21)11-6-7-13(23)14(24)9-11/h4-10H,3H2,1-2H3. The van der Waals surface area contributed by atoms with E-state index < -0.39 is 27.5 Å². The molecule has 0 saturated heterocycles. The number of alkyl halides is 3. The third-order valence-corrected chi connectivity index (χ3v) is 7.58. The summed E-state index contributed by atoms with van der Waals surface area (Å²) in [6.07, 6.45) is -3.20. The summed E-state index contributed by atoms with van der Waals surface area (Å²) in [4.78, 5) is 8.65. The van der Waals surface area contributed by atoms with Crippen LogP contribution in [0.15, 0.2) is 47.6 Å². The second-order valence-corrected chi connectivity index (χ2v) is 10.4. The van der Waals surface area contributed by atoms with Crippen molar-refractivity contribution in [1.29, 1.82) is 0 Å². The first kappa shape index (κ1) is 24.1. The molecule has 0 atom stereocenters. The van der Waals surface area contributed by atoms with Crippen molar-refractivity contribution in [2.45, 2.75) is 18.1 Å². The van der Waals surface area contributed by atoms with Crippen molar-refractivity contribution in [3.05, 3.63) is 59.1 Å². The van der Waals surface area contributed by atoms with Crippen molar-refractivity contribution in [2.24, 2.45) is 7.05 Å². The number of pyridine rings is 1. The quantitative estimate of drug-likeness (QED) is 0.300. The Bertz CT molecular complexity index is 1780. The second kappa shape index (κ2) is 8.23. The number of aromatic nitrogens is 6. The molecule has 8 nitrogen and oxygen atoms in total. The summed E-state index contributed by atoms with van der Waals surface area (Å²) in [5, 5.41) is 6.47. The Balaban J connectivity index is 1.84. The molecule has 0 saturated carbocycles. The third kappa shape index (κ3) is 3.78. The van der Waals surface area contributed by atoms with E-state index in [1.807, 2.05) is 0 Å². The molecule has 0 N–H and O–H groups in total. The van der Waals surface area contributed by atoms with Gasteiger partial charge in [-0.3, -0.25) is 4.40 Å². The molecule has 1 aromatic carbocycles. The largest absolute Gasteiger partial charge is 0.435 e. The van der Waals surface area contributed by atoms with Gasteiger partial charge in [0.25, 0.3) is 0 Å². The molecular formula is C22H15ClF4N6O2S. The number of benzene rings is 1. The summed E-state index contributed by atoms with van der Waals surface area (Å²) in [7, 11) is -2.46. The number of hydrogen-bond acceptors (Lipinski definition) is 6. The van der Waals surface area contributed by atoms with Crippen LogP contribution in [0.25, 0.3) is 39.5 Å². The molecular weight excluding hydrogens is 524 g/mol. The molecule has 0 bridgehead atoms. The maximum atomic E-state index is 14.2. The van der Waals surface area contributed by atoms with Crippen LogP contribution in [0.1, 0.15) is 12.6 Å². The van der Waals surface area contributed by atoms with Crippen LogP contribution in [0.3, 0.4) is 0 Å². The Hall–Kier alpha value is -3.58. The SMILES string of the molecule is CCS(=O)(=O)c1nc2c(-c3ccc(Cl)c(F)c3)cccn2c1-c1nc2cc(C(F)(F)F)nnc2n1C. The minimum absolute atomic E-state index is 0.0117. The van der Waals surface area contributed by atoms with E-state index in [9.17, 15) is 26.0 Å². The molecule has 0 unspecified atom stereocenters. The van der Waals surface area contributed by atoms with Gasteiger partial charge in [-0.15, -0.1) is 10.2 Å². The Morgan fingerprint density at radius 2 is 1.81 bits per heavy atom. The molecule has 0 aliphatic heterocycles. The lowest BCUT2D eigenvalue weighted by Crippen LogP contribution is -2.09. The van der Waals surface area contributed by atoms with Crippen molar-refractivity contribution in [3.8, 4) is 22.6 Å². The first-order chi connectivity index (χ1) is 16.9. The zero-order valence-corrected chi connectivity index (χ0v) is 20.1. The first-order valence-corrected chi connectivity index (χ1v) is 12.4. The summed E-state index contributed by atoms with van der Waals surface area (Å²) < 4.78 is 82.6. The lowest BCUT2D eigenvalue weighted by Gasteiger charge is -2.07. The van der Waals surface area contributed by atoms with Crippen LogP contribution in [-0.2, 0) is 23.1 Å². The highest BCUT2D eigenvalue weighted by molar-refractivity contribution is 7.91. The molecule has 0 fully saturated rings. The van der Waals surface area contributed by atoms with E-state index in [1.165, 1.54) is 41.3 Å². The topological polar surface area (TPSA) is 95.0 Å². The van der Waals surface area contributed by atoms with Crippen molar-refractivity contribution in [1.82, 2.24) is 29.1 Å². The smallest absolute Gasteiger partial charge is 0.309 e. The summed E-state index contributed by atoms with van der Waals surface area (Å²) in [6.45, 7) is 1.44. The van der Waals surface area contributed by atoms with E-state index in [2.05, 4.69) is 20.2 Å². The van der Waals surface area contributed by atoms with Crippen LogP contribution in [0.2, 0.25) is 5.02 Å². The lowest BCUT2D eigenvalue weighted by molar-refractivity contribution is -0.141. The van der Waals surface area contributed by atoms with E-state index >= 15 is 0 Å². The molecule has 186 valence electrons. The zero-order chi connectivity index (χ0) is 26.0. The Kier molecular flexibility index (Phi) is 5.52. The summed E-state index contributed by atoms with van der Waals surface area (Å²) in [6, 6.07) is 8.10. The van der Waals surface area contributed by atoms with Gasteiger partial charge in [0.2, 0.25) is 0 Å². The lowest BCUT2D eigenvalue weighted by atomic mass is 10.1. The molecule has 0 radical (unpaired) electrons. The van der Waals surface area contributed by atoms with Gasteiger partial charge in [0, 0.05) is 24.9 Å². The monoisotopic (exact) mass is 538 g/mol. The van der Waals surface area contributed by atoms with Gasteiger partial charge in [-0.25, -0.2) is 22.8 Å². The number of imidazole rings is 2. The van der Waals surface area contributed by atoms with E-state index in [-0.39, 0.29) is 44.1 Å². The highest BCUT2D eigenvalue weighted by Gasteiger charge is 2.35. The minimum Gasteiger partial charge on any atom is -0.309 e. The zero-order valence-electron chi connectivity index (χ0n) is 18.5. The predicted molar refractivity (Wildman–Crippen MR) is 124 cm³/mol. The normalized spacial score (nSPS) is 12.6. The van der Waals surface area contributed by atoms with Crippen LogP contribution in [0.5, 0.6) is 0 Å². The Morgan fingerprint density at radius 1 is 1.06 bits per heavy atom. The average molecular weight is 539 g/mol. The molecule has 0 aliphatic carbocycles. The maximum Gasteiger partial charge on any atom is 0.435 e.